The average molecular weight is 274 g/mol. The van der Waals surface area contributed by atoms with E-state index in [1.807, 2.05) is 13.0 Å². The molecule has 6 heteroatoms. The van der Waals surface area contributed by atoms with Crippen molar-refractivity contribution >= 4 is 29.1 Å². The SMILES string of the molecule is CNc1ncc(Cl)c(Nc2cc(C#N)ccc2C)n1. The molecule has 0 saturated heterocycles. The first-order chi connectivity index (χ1) is 9.13. The predicted octanol–water partition coefficient (Wildman–Crippen LogP) is 3.10. The van der Waals surface area contributed by atoms with Gasteiger partial charge in [0.15, 0.2) is 5.82 Å². The van der Waals surface area contributed by atoms with E-state index in [1.165, 1.54) is 6.20 Å². The van der Waals surface area contributed by atoms with Gasteiger partial charge in [-0.15, -0.1) is 0 Å². The number of nitrogens with one attached hydrogen (secondary N) is 2. The summed E-state index contributed by atoms with van der Waals surface area (Å²) in [4.78, 5) is 8.24. The van der Waals surface area contributed by atoms with Gasteiger partial charge in [0, 0.05) is 12.7 Å². The highest BCUT2D eigenvalue weighted by Crippen LogP contribution is 2.26. The number of halogens is 1. The molecule has 1 heterocycles. The summed E-state index contributed by atoms with van der Waals surface area (Å²) in [6.07, 6.45) is 1.52. The molecule has 2 N–H and O–H groups in total. The fraction of sp³-hybridized carbons (Fsp3) is 0.154. The molecule has 0 radical (unpaired) electrons. The maximum atomic E-state index is 8.92. The first kappa shape index (κ1) is 13.1. The number of anilines is 3. The van der Waals surface area contributed by atoms with Crippen LogP contribution in [0.3, 0.4) is 0 Å². The van der Waals surface area contributed by atoms with Crippen LogP contribution in [0.2, 0.25) is 5.02 Å². The van der Waals surface area contributed by atoms with Gasteiger partial charge < -0.3 is 10.6 Å². The third-order valence-electron chi connectivity index (χ3n) is 2.59. The first-order valence-corrected chi connectivity index (χ1v) is 6.00. The van der Waals surface area contributed by atoms with Crippen LogP contribution in [0, 0.1) is 18.3 Å². The predicted molar refractivity (Wildman–Crippen MR) is 75.8 cm³/mol. The van der Waals surface area contributed by atoms with Crippen LogP contribution in [0.25, 0.3) is 0 Å². The molecular weight excluding hydrogens is 262 g/mol. The molecule has 1 aromatic heterocycles. The van der Waals surface area contributed by atoms with Gasteiger partial charge in [0.1, 0.15) is 5.02 Å². The number of benzene rings is 1. The zero-order chi connectivity index (χ0) is 13.8. The van der Waals surface area contributed by atoms with Gasteiger partial charge in [-0.1, -0.05) is 17.7 Å². The lowest BCUT2D eigenvalue weighted by Gasteiger charge is -2.11. The van der Waals surface area contributed by atoms with Crippen LogP contribution >= 0.6 is 11.6 Å². The van der Waals surface area contributed by atoms with E-state index in [1.54, 1.807) is 19.2 Å². The Morgan fingerprint density at radius 1 is 1.37 bits per heavy atom. The maximum Gasteiger partial charge on any atom is 0.224 e. The molecule has 5 nitrogen and oxygen atoms in total. The largest absolute Gasteiger partial charge is 0.357 e. The number of nitriles is 1. The Bertz CT molecular complexity index is 648. The Morgan fingerprint density at radius 3 is 2.84 bits per heavy atom. The van der Waals surface area contributed by atoms with Crippen LogP contribution in [0.1, 0.15) is 11.1 Å². The van der Waals surface area contributed by atoms with Gasteiger partial charge in [0.25, 0.3) is 0 Å². The van der Waals surface area contributed by atoms with Crippen LogP contribution in [-0.4, -0.2) is 17.0 Å². The quantitative estimate of drug-likeness (QED) is 0.899. The molecule has 2 aromatic rings. The van der Waals surface area contributed by atoms with Gasteiger partial charge in [-0.3, -0.25) is 0 Å². The van der Waals surface area contributed by atoms with Crippen molar-refractivity contribution in [3.63, 3.8) is 0 Å². The molecule has 0 aliphatic carbocycles. The molecular formula is C13H12ClN5. The number of hydrogen-bond donors (Lipinski definition) is 2. The van der Waals surface area contributed by atoms with E-state index in [0.717, 1.165) is 11.3 Å². The molecule has 0 aliphatic rings. The standard InChI is InChI=1S/C13H12ClN5/c1-8-3-4-9(6-15)5-11(8)18-12-10(14)7-17-13(16-2)19-12/h3-5,7H,1-2H3,(H2,16,17,18,19). The maximum absolute atomic E-state index is 8.92. The smallest absolute Gasteiger partial charge is 0.224 e. The van der Waals surface area contributed by atoms with Crippen molar-refractivity contribution in [3.05, 3.63) is 40.5 Å². The molecule has 0 unspecified atom stereocenters. The van der Waals surface area contributed by atoms with Crippen LogP contribution in [0.15, 0.2) is 24.4 Å². The van der Waals surface area contributed by atoms with Crippen molar-refractivity contribution < 1.29 is 0 Å². The monoisotopic (exact) mass is 273 g/mol. The summed E-state index contributed by atoms with van der Waals surface area (Å²) < 4.78 is 0. The van der Waals surface area contributed by atoms with Gasteiger partial charge in [0.05, 0.1) is 17.8 Å². The second-order valence-electron chi connectivity index (χ2n) is 3.91. The lowest BCUT2D eigenvalue weighted by Crippen LogP contribution is -2.02. The summed E-state index contributed by atoms with van der Waals surface area (Å²) in [5.74, 6) is 0.972. The third-order valence-corrected chi connectivity index (χ3v) is 2.86. The normalized spacial score (nSPS) is 9.79. The Hall–Kier alpha value is -2.32. The van der Waals surface area contributed by atoms with Crippen LogP contribution < -0.4 is 10.6 Å². The average Bonchev–Trinajstić information content (AvgIpc) is 2.43. The van der Waals surface area contributed by atoms with Gasteiger partial charge in [-0.05, 0) is 24.6 Å². The van der Waals surface area contributed by atoms with Crippen molar-refractivity contribution in [2.75, 3.05) is 17.7 Å². The van der Waals surface area contributed by atoms with Crippen LogP contribution in [0.4, 0.5) is 17.5 Å². The molecule has 19 heavy (non-hydrogen) atoms. The molecule has 2 rings (SSSR count). The molecule has 0 amide bonds. The van der Waals surface area contributed by atoms with Gasteiger partial charge in [-0.25, -0.2) is 4.98 Å². The lowest BCUT2D eigenvalue weighted by molar-refractivity contribution is 1.15. The van der Waals surface area contributed by atoms with Crippen molar-refractivity contribution in [1.82, 2.24) is 9.97 Å². The minimum Gasteiger partial charge on any atom is -0.357 e. The lowest BCUT2D eigenvalue weighted by atomic mass is 10.1. The van der Waals surface area contributed by atoms with E-state index < -0.39 is 0 Å². The number of nitrogens with zero attached hydrogens (tertiary/aromatic N) is 3. The summed E-state index contributed by atoms with van der Waals surface area (Å²) in [5.41, 5.74) is 2.37. The molecule has 0 atom stereocenters. The number of aromatic nitrogens is 2. The van der Waals surface area contributed by atoms with E-state index >= 15 is 0 Å². The van der Waals surface area contributed by atoms with Gasteiger partial charge in [0.2, 0.25) is 5.95 Å². The molecule has 1 aromatic carbocycles. The minimum absolute atomic E-state index is 0.417. The van der Waals surface area contributed by atoms with E-state index in [4.69, 9.17) is 16.9 Å². The second kappa shape index (κ2) is 5.55. The number of aryl methyl sites for hydroxylation is 1. The molecule has 0 bridgehead atoms. The number of hydrogen-bond acceptors (Lipinski definition) is 5. The summed E-state index contributed by atoms with van der Waals surface area (Å²) in [5, 5.41) is 15.3. The Balaban J connectivity index is 2.38. The minimum atomic E-state index is 0.417. The summed E-state index contributed by atoms with van der Waals surface area (Å²) in [7, 11) is 1.73. The summed E-state index contributed by atoms with van der Waals surface area (Å²) in [6, 6.07) is 7.49. The molecule has 0 fully saturated rings. The fourth-order valence-corrected chi connectivity index (χ4v) is 1.67. The second-order valence-corrected chi connectivity index (χ2v) is 4.31. The van der Waals surface area contributed by atoms with E-state index in [-0.39, 0.29) is 0 Å². The highest BCUT2D eigenvalue weighted by atomic mass is 35.5. The Labute approximate surface area is 116 Å². The first-order valence-electron chi connectivity index (χ1n) is 5.62. The van der Waals surface area contributed by atoms with E-state index in [9.17, 15) is 0 Å². The van der Waals surface area contributed by atoms with Crippen molar-refractivity contribution in [1.29, 1.82) is 5.26 Å². The highest BCUT2D eigenvalue weighted by molar-refractivity contribution is 6.32. The highest BCUT2D eigenvalue weighted by Gasteiger charge is 2.07. The third kappa shape index (κ3) is 2.92. The molecule has 0 spiro atoms. The Kier molecular flexibility index (Phi) is 3.83. The summed E-state index contributed by atoms with van der Waals surface area (Å²) >= 11 is 6.05. The number of rotatable bonds is 3. The fourth-order valence-electron chi connectivity index (χ4n) is 1.53. The van der Waals surface area contributed by atoms with Crippen LogP contribution in [0.5, 0.6) is 0 Å². The molecule has 0 saturated carbocycles. The molecule has 0 aliphatic heterocycles. The zero-order valence-corrected chi connectivity index (χ0v) is 11.3. The topological polar surface area (TPSA) is 73.6 Å². The van der Waals surface area contributed by atoms with Gasteiger partial charge >= 0.3 is 0 Å². The summed E-state index contributed by atoms with van der Waals surface area (Å²) in [6.45, 7) is 1.94. The van der Waals surface area contributed by atoms with Crippen molar-refractivity contribution in [3.8, 4) is 6.07 Å². The Morgan fingerprint density at radius 2 is 2.16 bits per heavy atom. The van der Waals surface area contributed by atoms with Gasteiger partial charge in [-0.2, -0.15) is 10.2 Å². The van der Waals surface area contributed by atoms with Crippen molar-refractivity contribution in [2.45, 2.75) is 6.92 Å². The zero-order valence-electron chi connectivity index (χ0n) is 10.5. The molecule has 96 valence electrons. The van der Waals surface area contributed by atoms with Crippen molar-refractivity contribution in [2.24, 2.45) is 0 Å². The van der Waals surface area contributed by atoms with E-state index in [0.29, 0.717) is 22.4 Å². The van der Waals surface area contributed by atoms with Crippen LogP contribution in [-0.2, 0) is 0 Å². The van der Waals surface area contributed by atoms with E-state index in [2.05, 4.69) is 26.7 Å².